The molecule has 0 fully saturated rings. The first kappa shape index (κ1) is 13.1. The number of esters is 1. The molecule has 0 aliphatic heterocycles. The van der Waals surface area contributed by atoms with Crippen LogP contribution in [-0.2, 0) is 4.74 Å². The third kappa shape index (κ3) is 3.31. The Morgan fingerprint density at radius 2 is 2.05 bits per heavy atom. The van der Waals surface area contributed by atoms with Crippen LogP contribution in [0.25, 0.3) is 0 Å². The van der Waals surface area contributed by atoms with Gasteiger partial charge >= 0.3 is 5.97 Å². The molecule has 0 aliphatic carbocycles. The van der Waals surface area contributed by atoms with Gasteiger partial charge in [0.15, 0.2) is 0 Å². The first-order valence-corrected chi connectivity index (χ1v) is 5.96. The second-order valence-corrected chi connectivity index (χ2v) is 4.03. The molecule has 1 aromatic heterocycles. The van der Waals surface area contributed by atoms with Gasteiger partial charge in [-0.05, 0) is 37.3 Å². The van der Waals surface area contributed by atoms with E-state index in [2.05, 4.69) is 4.98 Å². The quantitative estimate of drug-likeness (QED) is 0.790. The van der Waals surface area contributed by atoms with Crippen LogP contribution in [0.1, 0.15) is 29.1 Å². The Morgan fingerprint density at radius 3 is 2.74 bits per heavy atom. The number of carbonyl (C=O) groups is 1. The number of nitrogens with zero attached hydrogens (tertiary/aromatic N) is 1. The van der Waals surface area contributed by atoms with Gasteiger partial charge in [-0.1, -0.05) is 12.1 Å². The molecule has 2 rings (SSSR count). The molecule has 0 N–H and O–H groups in total. The zero-order chi connectivity index (χ0) is 13.7. The number of benzene rings is 1. The van der Waals surface area contributed by atoms with Crippen LogP contribution in [0.15, 0.2) is 48.7 Å². The molecule has 0 saturated carbocycles. The number of rotatable bonds is 4. The standard InChI is InChI=1S/C15H15NO3/c1-11(14-8-3-4-9-16-14)19-15(17)12-6-5-7-13(10-12)18-2/h3-11H,1-2H3. The third-order valence-corrected chi connectivity index (χ3v) is 2.69. The zero-order valence-corrected chi connectivity index (χ0v) is 10.9. The number of hydrogen-bond donors (Lipinski definition) is 0. The fourth-order valence-corrected chi connectivity index (χ4v) is 1.66. The van der Waals surface area contributed by atoms with E-state index < -0.39 is 5.97 Å². The maximum Gasteiger partial charge on any atom is 0.338 e. The Bertz CT molecular complexity index is 554. The van der Waals surface area contributed by atoms with Crippen molar-refractivity contribution in [2.24, 2.45) is 0 Å². The maximum atomic E-state index is 12.0. The summed E-state index contributed by atoms with van der Waals surface area (Å²) in [4.78, 5) is 16.1. The molecule has 1 aromatic carbocycles. The van der Waals surface area contributed by atoms with E-state index in [0.717, 1.165) is 5.69 Å². The van der Waals surface area contributed by atoms with Gasteiger partial charge in [0.05, 0.1) is 18.4 Å². The molecule has 4 heteroatoms. The lowest BCUT2D eigenvalue weighted by atomic mass is 10.2. The minimum absolute atomic E-state index is 0.389. The molecule has 0 bridgehead atoms. The molecule has 1 unspecified atom stereocenters. The molecular weight excluding hydrogens is 242 g/mol. The van der Waals surface area contributed by atoms with E-state index in [0.29, 0.717) is 11.3 Å². The minimum Gasteiger partial charge on any atom is -0.497 e. The molecule has 0 aliphatic rings. The van der Waals surface area contributed by atoms with Crippen molar-refractivity contribution >= 4 is 5.97 Å². The van der Waals surface area contributed by atoms with Crippen LogP contribution in [0.5, 0.6) is 5.75 Å². The first-order chi connectivity index (χ1) is 9.20. The SMILES string of the molecule is COc1cccc(C(=O)OC(C)c2ccccn2)c1. The molecule has 0 radical (unpaired) electrons. The normalized spacial score (nSPS) is 11.7. The average Bonchev–Trinajstić information content (AvgIpc) is 2.48. The molecule has 0 amide bonds. The average molecular weight is 257 g/mol. The summed E-state index contributed by atoms with van der Waals surface area (Å²) in [6.07, 6.45) is 1.28. The fraction of sp³-hybridized carbons (Fsp3) is 0.200. The van der Waals surface area contributed by atoms with Gasteiger partial charge in [0, 0.05) is 6.20 Å². The highest BCUT2D eigenvalue weighted by molar-refractivity contribution is 5.90. The molecule has 1 atom stereocenters. The third-order valence-electron chi connectivity index (χ3n) is 2.69. The molecule has 0 saturated heterocycles. The smallest absolute Gasteiger partial charge is 0.338 e. The van der Waals surface area contributed by atoms with Crippen molar-refractivity contribution in [1.29, 1.82) is 0 Å². The number of methoxy groups -OCH3 is 1. The minimum atomic E-state index is -0.392. The monoisotopic (exact) mass is 257 g/mol. The summed E-state index contributed by atoms with van der Waals surface area (Å²) in [5.41, 5.74) is 1.18. The van der Waals surface area contributed by atoms with Crippen LogP contribution in [0.2, 0.25) is 0 Å². The van der Waals surface area contributed by atoms with Gasteiger partial charge < -0.3 is 9.47 Å². The molecule has 0 spiro atoms. The molecular formula is C15H15NO3. The summed E-state index contributed by atoms with van der Waals surface area (Å²) < 4.78 is 10.4. The van der Waals surface area contributed by atoms with Crippen LogP contribution in [-0.4, -0.2) is 18.1 Å². The number of pyridine rings is 1. The molecule has 1 heterocycles. The van der Waals surface area contributed by atoms with Crippen LogP contribution in [0, 0.1) is 0 Å². The summed E-state index contributed by atoms with van der Waals surface area (Å²) in [5.74, 6) is 0.233. The number of aromatic nitrogens is 1. The Hall–Kier alpha value is -2.36. The summed E-state index contributed by atoms with van der Waals surface area (Å²) in [6, 6.07) is 12.4. The highest BCUT2D eigenvalue weighted by Gasteiger charge is 2.14. The van der Waals surface area contributed by atoms with E-state index in [4.69, 9.17) is 9.47 Å². The van der Waals surface area contributed by atoms with Gasteiger partial charge in [-0.15, -0.1) is 0 Å². The Balaban J connectivity index is 2.08. The number of carbonyl (C=O) groups excluding carboxylic acids is 1. The van der Waals surface area contributed by atoms with Gasteiger partial charge in [-0.2, -0.15) is 0 Å². The van der Waals surface area contributed by atoms with Crippen molar-refractivity contribution < 1.29 is 14.3 Å². The Labute approximate surface area is 112 Å². The van der Waals surface area contributed by atoms with Gasteiger partial charge in [0.25, 0.3) is 0 Å². The maximum absolute atomic E-state index is 12.0. The van der Waals surface area contributed by atoms with E-state index in [1.54, 1.807) is 44.5 Å². The van der Waals surface area contributed by atoms with Gasteiger partial charge in [0.2, 0.25) is 0 Å². The largest absolute Gasteiger partial charge is 0.497 e. The topological polar surface area (TPSA) is 48.4 Å². The first-order valence-electron chi connectivity index (χ1n) is 5.96. The van der Waals surface area contributed by atoms with E-state index in [1.807, 2.05) is 18.2 Å². The van der Waals surface area contributed by atoms with Gasteiger partial charge in [-0.3, -0.25) is 4.98 Å². The highest BCUT2D eigenvalue weighted by Crippen LogP contribution is 2.18. The van der Waals surface area contributed by atoms with E-state index in [9.17, 15) is 4.79 Å². The van der Waals surface area contributed by atoms with Gasteiger partial charge in [-0.25, -0.2) is 4.79 Å². The lowest BCUT2D eigenvalue weighted by molar-refractivity contribution is 0.0329. The van der Waals surface area contributed by atoms with Gasteiger partial charge in [0.1, 0.15) is 11.9 Å². The molecule has 19 heavy (non-hydrogen) atoms. The van der Waals surface area contributed by atoms with Crippen molar-refractivity contribution in [3.05, 3.63) is 59.9 Å². The van der Waals surface area contributed by atoms with Crippen molar-refractivity contribution in [2.45, 2.75) is 13.0 Å². The number of hydrogen-bond acceptors (Lipinski definition) is 4. The zero-order valence-electron chi connectivity index (χ0n) is 10.9. The molecule has 2 aromatic rings. The summed E-state index contributed by atoms with van der Waals surface area (Å²) >= 11 is 0. The van der Waals surface area contributed by atoms with E-state index in [1.165, 1.54) is 0 Å². The predicted molar refractivity (Wildman–Crippen MR) is 71.1 cm³/mol. The Kier molecular flexibility index (Phi) is 4.13. The van der Waals surface area contributed by atoms with Crippen molar-refractivity contribution in [1.82, 2.24) is 4.98 Å². The van der Waals surface area contributed by atoms with Crippen LogP contribution >= 0.6 is 0 Å². The van der Waals surface area contributed by atoms with Crippen LogP contribution < -0.4 is 4.74 Å². The van der Waals surface area contributed by atoms with E-state index >= 15 is 0 Å². The predicted octanol–water partition coefficient (Wildman–Crippen LogP) is 3.01. The molecule has 4 nitrogen and oxygen atoms in total. The van der Waals surface area contributed by atoms with Crippen LogP contribution in [0.4, 0.5) is 0 Å². The van der Waals surface area contributed by atoms with Crippen molar-refractivity contribution in [3.63, 3.8) is 0 Å². The summed E-state index contributed by atoms with van der Waals surface area (Å²) in [5, 5.41) is 0. The Morgan fingerprint density at radius 1 is 1.21 bits per heavy atom. The number of ether oxygens (including phenoxy) is 2. The second kappa shape index (κ2) is 6.00. The fourth-order valence-electron chi connectivity index (χ4n) is 1.66. The lowest BCUT2D eigenvalue weighted by Crippen LogP contribution is -2.10. The van der Waals surface area contributed by atoms with Crippen molar-refractivity contribution in [3.8, 4) is 5.75 Å². The highest BCUT2D eigenvalue weighted by atomic mass is 16.5. The van der Waals surface area contributed by atoms with Crippen molar-refractivity contribution in [2.75, 3.05) is 7.11 Å². The lowest BCUT2D eigenvalue weighted by Gasteiger charge is -2.12. The summed E-state index contributed by atoms with van der Waals surface area (Å²) in [7, 11) is 1.56. The second-order valence-electron chi connectivity index (χ2n) is 4.03. The van der Waals surface area contributed by atoms with Crippen LogP contribution in [0.3, 0.4) is 0 Å². The van der Waals surface area contributed by atoms with E-state index in [-0.39, 0.29) is 6.10 Å². The summed E-state index contributed by atoms with van der Waals surface area (Å²) in [6.45, 7) is 1.79. The molecule has 98 valence electrons.